The lowest BCUT2D eigenvalue weighted by Gasteiger charge is -2.11. The summed E-state index contributed by atoms with van der Waals surface area (Å²) < 4.78 is 7.25. The Labute approximate surface area is 225 Å². The molecule has 5 aromatic rings. The third-order valence-corrected chi connectivity index (χ3v) is 7.05. The fourth-order valence-electron chi connectivity index (χ4n) is 4.00. The molecule has 0 radical (unpaired) electrons. The van der Waals surface area contributed by atoms with E-state index in [9.17, 15) is 4.79 Å². The lowest BCUT2D eigenvalue weighted by atomic mass is 10.0. The van der Waals surface area contributed by atoms with Gasteiger partial charge in [0.1, 0.15) is 5.75 Å². The number of thioether (sulfide) groups is 1. The lowest BCUT2D eigenvalue weighted by Crippen LogP contribution is -2.21. The van der Waals surface area contributed by atoms with Gasteiger partial charge in [-0.15, -0.1) is 10.2 Å². The molecule has 0 aliphatic rings. The highest BCUT2D eigenvalue weighted by Crippen LogP contribution is 2.29. The Bertz CT molecular complexity index is 1610. The molecule has 0 saturated carbocycles. The van der Waals surface area contributed by atoms with Crippen LogP contribution in [0.1, 0.15) is 18.1 Å². The Balaban J connectivity index is 1.33. The zero-order valence-corrected chi connectivity index (χ0v) is 22.2. The van der Waals surface area contributed by atoms with E-state index in [0.29, 0.717) is 11.0 Å². The molecule has 8 heteroatoms. The van der Waals surface area contributed by atoms with Crippen molar-refractivity contribution in [3.8, 4) is 22.8 Å². The number of nitrogens with one attached hydrogen (secondary N) is 1. The van der Waals surface area contributed by atoms with Crippen molar-refractivity contribution in [3.05, 3.63) is 102 Å². The Hall–Kier alpha value is -4.43. The van der Waals surface area contributed by atoms with Gasteiger partial charge in [0.15, 0.2) is 11.0 Å². The van der Waals surface area contributed by atoms with Gasteiger partial charge in [-0.05, 0) is 72.6 Å². The number of rotatable bonds is 8. The van der Waals surface area contributed by atoms with Crippen molar-refractivity contribution < 1.29 is 9.53 Å². The van der Waals surface area contributed by atoms with Crippen LogP contribution in [0.25, 0.3) is 27.8 Å². The number of carbonyl (C=O) groups excluding carboxylic acids is 1. The van der Waals surface area contributed by atoms with Gasteiger partial charge < -0.3 is 4.74 Å². The molecule has 190 valence electrons. The number of carbonyl (C=O) groups is 1. The van der Waals surface area contributed by atoms with Crippen LogP contribution in [0.2, 0.25) is 0 Å². The fourth-order valence-corrected chi connectivity index (χ4v) is 4.75. The van der Waals surface area contributed by atoms with Crippen LogP contribution in [-0.4, -0.2) is 39.2 Å². The van der Waals surface area contributed by atoms with Crippen LogP contribution in [0.15, 0.2) is 101 Å². The van der Waals surface area contributed by atoms with E-state index in [0.717, 1.165) is 44.6 Å². The molecule has 0 bridgehead atoms. The molecule has 7 nitrogen and oxygen atoms in total. The standard InChI is InChI=1S/C30H27N5O2S/c1-20-8-14-26(15-9-20)35-29(23-12-16-27(37-3)17-13-23)33-34-30(35)38-19-28(36)32-31-21(2)24-11-10-22-6-4-5-7-25(22)18-24/h4-18H,19H2,1-3H3,(H,32,36)/b31-21+. The first-order valence-electron chi connectivity index (χ1n) is 12.1. The topological polar surface area (TPSA) is 81.4 Å². The molecule has 0 spiro atoms. The Kier molecular flexibility index (Phi) is 7.51. The smallest absolute Gasteiger partial charge is 0.250 e. The number of aromatic nitrogens is 3. The summed E-state index contributed by atoms with van der Waals surface area (Å²) >= 11 is 1.31. The third-order valence-electron chi connectivity index (χ3n) is 6.12. The average molecular weight is 522 g/mol. The number of amides is 1. The summed E-state index contributed by atoms with van der Waals surface area (Å²) in [5.41, 5.74) is 7.33. The maximum Gasteiger partial charge on any atom is 0.250 e. The van der Waals surface area contributed by atoms with E-state index in [1.54, 1.807) is 7.11 Å². The van der Waals surface area contributed by atoms with E-state index in [4.69, 9.17) is 4.74 Å². The van der Waals surface area contributed by atoms with Crippen molar-refractivity contribution in [1.82, 2.24) is 20.2 Å². The molecule has 0 fully saturated rings. The summed E-state index contributed by atoms with van der Waals surface area (Å²) in [5, 5.41) is 16.1. The quantitative estimate of drug-likeness (QED) is 0.153. The molecule has 0 unspecified atom stereocenters. The summed E-state index contributed by atoms with van der Waals surface area (Å²) in [6.45, 7) is 3.92. The summed E-state index contributed by atoms with van der Waals surface area (Å²) in [6, 6.07) is 30.1. The Morgan fingerprint density at radius 1 is 0.947 bits per heavy atom. The third kappa shape index (κ3) is 5.60. The van der Waals surface area contributed by atoms with Gasteiger partial charge in [-0.1, -0.05) is 65.9 Å². The van der Waals surface area contributed by atoms with Crippen molar-refractivity contribution in [2.45, 2.75) is 19.0 Å². The molecule has 0 aliphatic heterocycles. The van der Waals surface area contributed by atoms with Crippen LogP contribution in [0.3, 0.4) is 0 Å². The summed E-state index contributed by atoms with van der Waals surface area (Å²) in [7, 11) is 1.64. The van der Waals surface area contributed by atoms with Crippen molar-refractivity contribution in [3.63, 3.8) is 0 Å². The van der Waals surface area contributed by atoms with Gasteiger partial charge in [0, 0.05) is 11.3 Å². The van der Waals surface area contributed by atoms with E-state index in [1.807, 2.05) is 85.1 Å². The molecule has 0 saturated heterocycles. The zero-order valence-electron chi connectivity index (χ0n) is 21.4. The van der Waals surface area contributed by atoms with Crippen LogP contribution in [0, 0.1) is 6.92 Å². The average Bonchev–Trinajstić information content (AvgIpc) is 3.39. The highest BCUT2D eigenvalue weighted by atomic mass is 32.2. The van der Waals surface area contributed by atoms with Gasteiger partial charge >= 0.3 is 0 Å². The minimum atomic E-state index is -0.223. The van der Waals surface area contributed by atoms with Crippen molar-refractivity contribution in [2.75, 3.05) is 12.9 Å². The normalized spacial score (nSPS) is 11.5. The minimum absolute atomic E-state index is 0.140. The number of hydrogen-bond acceptors (Lipinski definition) is 6. The molecule has 4 aromatic carbocycles. The summed E-state index contributed by atoms with van der Waals surface area (Å²) in [6.07, 6.45) is 0. The maximum atomic E-state index is 12.7. The second-order valence-electron chi connectivity index (χ2n) is 8.79. The van der Waals surface area contributed by atoms with Gasteiger partial charge in [-0.2, -0.15) is 5.10 Å². The number of ether oxygens (including phenoxy) is 1. The molecule has 1 heterocycles. The van der Waals surface area contributed by atoms with Gasteiger partial charge in [0.25, 0.3) is 5.91 Å². The fraction of sp³-hybridized carbons (Fsp3) is 0.133. The van der Waals surface area contributed by atoms with Gasteiger partial charge in [0.2, 0.25) is 0 Å². The number of methoxy groups -OCH3 is 1. The number of hydrazone groups is 1. The SMILES string of the molecule is COc1ccc(-c2nnc(SCC(=O)N/N=C(\C)c3ccc4ccccc4c3)n2-c2ccc(C)cc2)cc1. The first-order valence-corrected chi connectivity index (χ1v) is 13.1. The van der Waals surface area contributed by atoms with Crippen LogP contribution in [0.5, 0.6) is 5.75 Å². The van der Waals surface area contributed by atoms with E-state index in [-0.39, 0.29) is 11.7 Å². The van der Waals surface area contributed by atoms with Gasteiger partial charge in [0.05, 0.1) is 18.6 Å². The van der Waals surface area contributed by atoms with Crippen LogP contribution >= 0.6 is 11.8 Å². The largest absolute Gasteiger partial charge is 0.497 e. The van der Waals surface area contributed by atoms with E-state index in [1.165, 1.54) is 11.8 Å². The molecule has 38 heavy (non-hydrogen) atoms. The molecule has 0 atom stereocenters. The molecule has 1 N–H and O–H groups in total. The van der Waals surface area contributed by atoms with Crippen molar-refractivity contribution in [1.29, 1.82) is 0 Å². The number of aryl methyl sites for hydroxylation is 1. The predicted molar refractivity (Wildman–Crippen MR) is 153 cm³/mol. The van der Waals surface area contributed by atoms with Crippen molar-refractivity contribution in [2.24, 2.45) is 5.10 Å². The number of fused-ring (bicyclic) bond motifs is 1. The van der Waals surface area contributed by atoms with Gasteiger partial charge in [-0.25, -0.2) is 5.43 Å². The molecule has 5 rings (SSSR count). The minimum Gasteiger partial charge on any atom is -0.497 e. The summed E-state index contributed by atoms with van der Waals surface area (Å²) in [5.74, 6) is 1.37. The van der Waals surface area contributed by atoms with Crippen molar-refractivity contribution >= 4 is 34.2 Å². The van der Waals surface area contributed by atoms with Crippen LogP contribution in [-0.2, 0) is 4.79 Å². The number of benzene rings is 4. The highest BCUT2D eigenvalue weighted by molar-refractivity contribution is 7.99. The highest BCUT2D eigenvalue weighted by Gasteiger charge is 2.17. The maximum absolute atomic E-state index is 12.7. The Morgan fingerprint density at radius 2 is 1.68 bits per heavy atom. The van der Waals surface area contributed by atoms with Gasteiger partial charge in [-0.3, -0.25) is 9.36 Å². The molecule has 1 amide bonds. The zero-order chi connectivity index (χ0) is 26.5. The number of nitrogens with zero attached hydrogens (tertiary/aromatic N) is 4. The Morgan fingerprint density at radius 3 is 2.42 bits per heavy atom. The van der Waals surface area contributed by atoms with Crippen LogP contribution in [0.4, 0.5) is 0 Å². The second kappa shape index (κ2) is 11.3. The summed E-state index contributed by atoms with van der Waals surface area (Å²) in [4.78, 5) is 12.7. The van der Waals surface area contributed by atoms with Crippen LogP contribution < -0.4 is 10.2 Å². The predicted octanol–water partition coefficient (Wildman–Crippen LogP) is 6.04. The number of hydrogen-bond donors (Lipinski definition) is 1. The molecular formula is C30H27N5O2S. The first-order chi connectivity index (χ1) is 18.5. The lowest BCUT2D eigenvalue weighted by molar-refractivity contribution is -0.118. The molecule has 1 aromatic heterocycles. The second-order valence-corrected chi connectivity index (χ2v) is 9.73. The van der Waals surface area contributed by atoms with E-state index < -0.39 is 0 Å². The first kappa shape index (κ1) is 25.2. The van der Waals surface area contributed by atoms with E-state index >= 15 is 0 Å². The monoisotopic (exact) mass is 521 g/mol. The molecular weight excluding hydrogens is 494 g/mol. The molecule has 0 aliphatic carbocycles. The van der Waals surface area contributed by atoms with E-state index in [2.05, 4.69) is 45.0 Å².